The molecule has 2 nitrogen and oxygen atoms in total. The zero-order chi connectivity index (χ0) is 11.0. The molecule has 3 rings (SSSR count). The topological polar surface area (TPSA) is 20.3 Å². The number of benzene rings is 1. The molecule has 1 saturated carbocycles. The number of Topliss-reactive ketones (excluding diaryl/α,β-unsaturated/α-hetero) is 1. The first kappa shape index (κ1) is 10.0. The second kappa shape index (κ2) is 3.70. The fourth-order valence-electron chi connectivity index (χ4n) is 2.94. The van der Waals surface area contributed by atoms with E-state index in [4.69, 9.17) is 0 Å². The Morgan fingerprint density at radius 2 is 1.94 bits per heavy atom. The Morgan fingerprint density at radius 3 is 2.50 bits per heavy atom. The van der Waals surface area contributed by atoms with Gasteiger partial charge in [-0.1, -0.05) is 36.8 Å². The van der Waals surface area contributed by atoms with Gasteiger partial charge in [-0.25, -0.2) is 0 Å². The van der Waals surface area contributed by atoms with Crippen LogP contribution in [0.25, 0.3) is 0 Å². The van der Waals surface area contributed by atoms with Crippen LogP contribution in [0, 0.1) is 5.41 Å². The second-order valence-corrected chi connectivity index (χ2v) is 5.19. The Bertz CT molecular complexity index is 394. The molecule has 1 heterocycles. The van der Waals surface area contributed by atoms with Crippen LogP contribution in [0.1, 0.15) is 24.8 Å². The molecule has 1 spiro atoms. The second-order valence-electron chi connectivity index (χ2n) is 5.19. The number of carbonyl (C=O) groups is 1. The summed E-state index contributed by atoms with van der Waals surface area (Å²) >= 11 is 0. The van der Waals surface area contributed by atoms with E-state index in [9.17, 15) is 4.79 Å². The average molecular weight is 215 g/mol. The number of rotatable bonds is 2. The maximum absolute atomic E-state index is 11.9. The zero-order valence-corrected chi connectivity index (χ0v) is 9.48. The summed E-state index contributed by atoms with van der Waals surface area (Å²) in [5.41, 5.74) is 1.38. The molecule has 1 aromatic rings. The van der Waals surface area contributed by atoms with Gasteiger partial charge in [0.2, 0.25) is 0 Å². The number of hydrogen-bond donors (Lipinski definition) is 0. The molecule has 1 saturated heterocycles. The summed E-state index contributed by atoms with van der Waals surface area (Å²) < 4.78 is 0. The highest BCUT2D eigenvalue weighted by molar-refractivity contribution is 5.89. The first-order chi connectivity index (χ1) is 7.78. The monoisotopic (exact) mass is 215 g/mol. The highest BCUT2D eigenvalue weighted by atomic mass is 16.1. The van der Waals surface area contributed by atoms with Crippen molar-refractivity contribution in [1.82, 2.24) is 4.90 Å². The van der Waals surface area contributed by atoms with E-state index in [1.54, 1.807) is 0 Å². The van der Waals surface area contributed by atoms with Gasteiger partial charge in [0, 0.05) is 18.5 Å². The van der Waals surface area contributed by atoms with E-state index in [1.807, 2.05) is 6.07 Å². The summed E-state index contributed by atoms with van der Waals surface area (Å²) in [7, 11) is 0. The molecule has 1 aliphatic heterocycles. The highest BCUT2D eigenvalue weighted by Crippen LogP contribution is 2.45. The lowest BCUT2D eigenvalue weighted by atomic mass is 9.68. The maximum atomic E-state index is 11.9. The third-order valence-corrected chi connectivity index (χ3v) is 4.04. The van der Waals surface area contributed by atoms with Gasteiger partial charge in [0.25, 0.3) is 0 Å². The van der Waals surface area contributed by atoms with Crippen molar-refractivity contribution in [3.05, 3.63) is 35.9 Å². The number of hydrogen-bond acceptors (Lipinski definition) is 2. The summed E-state index contributed by atoms with van der Waals surface area (Å²) in [6, 6.07) is 10.4. The minimum atomic E-state index is 0.0643. The van der Waals surface area contributed by atoms with Gasteiger partial charge in [0.15, 0.2) is 5.78 Å². The van der Waals surface area contributed by atoms with E-state index in [-0.39, 0.29) is 5.41 Å². The van der Waals surface area contributed by atoms with E-state index in [0.717, 1.165) is 25.9 Å². The summed E-state index contributed by atoms with van der Waals surface area (Å²) in [5.74, 6) is 0.481. The van der Waals surface area contributed by atoms with Crippen molar-refractivity contribution < 1.29 is 4.79 Å². The molecule has 0 bridgehead atoms. The molecule has 0 aromatic heterocycles. The minimum absolute atomic E-state index is 0.0643. The number of likely N-dealkylation sites (tertiary alicyclic amines) is 1. The molecule has 0 unspecified atom stereocenters. The smallest absolute Gasteiger partial charge is 0.154 e. The number of ketones is 1. The van der Waals surface area contributed by atoms with Crippen molar-refractivity contribution in [2.45, 2.75) is 25.8 Å². The molecule has 16 heavy (non-hydrogen) atoms. The van der Waals surface area contributed by atoms with Gasteiger partial charge < -0.3 is 0 Å². The molecule has 0 N–H and O–H groups in total. The maximum Gasteiger partial charge on any atom is 0.154 e. The van der Waals surface area contributed by atoms with Gasteiger partial charge in [-0.3, -0.25) is 9.69 Å². The molecule has 2 heteroatoms. The van der Waals surface area contributed by atoms with E-state index < -0.39 is 0 Å². The van der Waals surface area contributed by atoms with Gasteiger partial charge in [-0.05, 0) is 18.4 Å². The quantitative estimate of drug-likeness (QED) is 0.754. The Kier molecular flexibility index (Phi) is 2.32. The summed E-state index contributed by atoms with van der Waals surface area (Å²) in [6.45, 7) is 2.57. The fourth-order valence-corrected chi connectivity index (χ4v) is 2.94. The standard InChI is InChI=1S/C14H17NO/c16-13-10-15(11-14(13)7-4-8-14)9-12-5-2-1-3-6-12/h1-3,5-6H,4,7-11H2. The Labute approximate surface area is 96.3 Å². The van der Waals surface area contributed by atoms with Crippen LogP contribution < -0.4 is 0 Å². The lowest BCUT2D eigenvalue weighted by Gasteiger charge is -2.36. The van der Waals surface area contributed by atoms with Crippen LogP contribution in [0.5, 0.6) is 0 Å². The average Bonchev–Trinajstić information content (AvgIpc) is 2.56. The van der Waals surface area contributed by atoms with Crippen molar-refractivity contribution in [2.24, 2.45) is 5.41 Å². The van der Waals surface area contributed by atoms with Gasteiger partial charge in [-0.15, -0.1) is 0 Å². The SMILES string of the molecule is O=C1CN(Cc2ccccc2)CC12CCC2. The zero-order valence-electron chi connectivity index (χ0n) is 9.48. The molecule has 0 atom stereocenters. The van der Waals surface area contributed by atoms with E-state index in [0.29, 0.717) is 12.3 Å². The highest BCUT2D eigenvalue weighted by Gasteiger charge is 2.49. The molecule has 0 radical (unpaired) electrons. The van der Waals surface area contributed by atoms with Gasteiger partial charge in [0.05, 0.1) is 6.54 Å². The molecular formula is C14H17NO. The largest absolute Gasteiger partial charge is 0.298 e. The van der Waals surface area contributed by atoms with E-state index in [2.05, 4.69) is 29.2 Å². The normalized spacial score (nSPS) is 23.6. The first-order valence-corrected chi connectivity index (χ1v) is 6.08. The predicted octanol–water partition coefficient (Wildman–Crippen LogP) is 2.24. The third-order valence-electron chi connectivity index (χ3n) is 4.04. The van der Waals surface area contributed by atoms with Gasteiger partial charge >= 0.3 is 0 Å². The van der Waals surface area contributed by atoms with Gasteiger partial charge in [-0.2, -0.15) is 0 Å². The summed E-state index contributed by atoms with van der Waals surface area (Å²) in [5, 5.41) is 0. The fraction of sp³-hybridized carbons (Fsp3) is 0.500. The van der Waals surface area contributed by atoms with Crippen molar-refractivity contribution in [1.29, 1.82) is 0 Å². The third kappa shape index (κ3) is 1.57. The van der Waals surface area contributed by atoms with Crippen molar-refractivity contribution in [3.63, 3.8) is 0 Å². The van der Waals surface area contributed by atoms with Crippen LogP contribution in [0.2, 0.25) is 0 Å². The molecule has 1 aliphatic carbocycles. The van der Waals surface area contributed by atoms with Crippen molar-refractivity contribution >= 4 is 5.78 Å². The molecule has 2 aliphatic rings. The van der Waals surface area contributed by atoms with Crippen LogP contribution in [-0.4, -0.2) is 23.8 Å². The van der Waals surface area contributed by atoms with Crippen LogP contribution >= 0.6 is 0 Å². The summed E-state index contributed by atoms with van der Waals surface area (Å²) in [6.07, 6.45) is 3.49. The lowest BCUT2D eigenvalue weighted by molar-refractivity contribution is -0.128. The van der Waals surface area contributed by atoms with Gasteiger partial charge in [0.1, 0.15) is 0 Å². The Balaban J connectivity index is 1.68. The molecule has 2 fully saturated rings. The molecule has 1 aromatic carbocycles. The van der Waals surface area contributed by atoms with Crippen LogP contribution in [0.4, 0.5) is 0 Å². The van der Waals surface area contributed by atoms with E-state index >= 15 is 0 Å². The Morgan fingerprint density at radius 1 is 1.19 bits per heavy atom. The van der Waals surface area contributed by atoms with Crippen LogP contribution in [-0.2, 0) is 11.3 Å². The lowest BCUT2D eigenvalue weighted by Crippen LogP contribution is -2.37. The van der Waals surface area contributed by atoms with Crippen molar-refractivity contribution in [2.75, 3.05) is 13.1 Å². The molecular weight excluding hydrogens is 198 g/mol. The molecule has 84 valence electrons. The van der Waals surface area contributed by atoms with Crippen LogP contribution in [0.3, 0.4) is 0 Å². The first-order valence-electron chi connectivity index (χ1n) is 6.08. The number of nitrogens with zero attached hydrogens (tertiary/aromatic N) is 1. The van der Waals surface area contributed by atoms with Crippen molar-refractivity contribution in [3.8, 4) is 0 Å². The molecule has 0 amide bonds. The summed E-state index contributed by atoms with van der Waals surface area (Å²) in [4.78, 5) is 14.2. The minimum Gasteiger partial charge on any atom is -0.298 e. The van der Waals surface area contributed by atoms with Crippen LogP contribution in [0.15, 0.2) is 30.3 Å². The van der Waals surface area contributed by atoms with E-state index in [1.165, 1.54) is 12.0 Å². The predicted molar refractivity (Wildman–Crippen MR) is 63.0 cm³/mol. The Hall–Kier alpha value is -1.15. The number of carbonyl (C=O) groups excluding carboxylic acids is 1.